The van der Waals surface area contributed by atoms with E-state index in [1.165, 1.54) is 238 Å². The summed E-state index contributed by atoms with van der Waals surface area (Å²) < 4.78 is 32.2. The average molecular weight is 1520 g/mol. The first kappa shape index (κ1) is 77.4. The van der Waals surface area contributed by atoms with Crippen molar-refractivity contribution in [2.45, 2.75) is 310 Å². The zero-order chi connectivity index (χ0) is 75.7. The molecule has 2 amide bonds. The molecule has 10 heterocycles. The maximum atomic E-state index is 15.6. The first-order valence-electron chi connectivity index (χ1n) is 41.9. The molecule has 568 valence electrons. The summed E-state index contributed by atoms with van der Waals surface area (Å²) >= 11 is 7.28. The molecule has 0 atom stereocenters. The Balaban J connectivity index is 0.000000300. The number of unbranched alkanes of at least 4 members (excludes halogenated alkanes) is 20. The molecule has 2 saturated heterocycles. The Labute approximate surface area is 662 Å². The monoisotopic (exact) mass is 1520 g/mol. The van der Waals surface area contributed by atoms with Gasteiger partial charge in [-0.25, -0.2) is 0 Å². The van der Waals surface area contributed by atoms with Gasteiger partial charge in [0.25, 0.3) is 11.8 Å². The Morgan fingerprint density at radius 2 is 0.722 bits per heavy atom. The lowest BCUT2D eigenvalue weighted by atomic mass is 9.69. The molecule has 0 spiro atoms. The number of hydrogen-bond acceptors (Lipinski definition) is 10. The average Bonchev–Trinajstić information content (AvgIpc) is 1.52. The number of fused-ring (bicyclic) bond motifs is 15. The van der Waals surface area contributed by atoms with Gasteiger partial charge in [-0.05, 0) is 223 Å². The highest BCUT2D eigenvalue weighted by Crippen LogP contribution is 2.61. The van der Waals surface area contributed by atoms with Gasteiger partial charge in [0.1, 0.15) is 0 Å². The number of rotatable bonds is 31. The van der Waals surface area contributed by atoms with Crippen molar-refractivity contribution < 1.29 is 28.2 Å². The van der Waals surface area contributed by atoms with Gasteiger partial charge in [-0.3, -0.25) is 19.4 Å². The molecule has 2 aliphatic carbocycles. The van der Waals surface area contributed by atoms with Crippen LogP contribution < -0.4 is 9.55 Å². The molecule has 8 nitrogen and oxygen atoms in total. The molecular weight excluding hydrogens is 1400 g/mol. The summed E-state index contributed by atoms with van der Waals surface area (Å²) in [6, 6.07) is 33.6. The molecule has 4 aromatic heterocycles. The molecule has 0 bridgehead atoms. The van der Waals surface area contributed by atoms with Gasteiger partial charge in [-0.1, -0.05) is 218 Å². The number of hydrogen-bond donors (Lipinski definition) is 0. The molecule has 2 fully saturated rings. The number of carbonyl (C=O) groups excluding carboxylic acids is 2. The van der Waals surface area contributed by atoms with Gasteiger partial charge < -0.3 is 18.6 Å². The van der Waals surface area contributed by atoms with Gasteiger partial charge in [-0.15, -0.1) is 45.3 Å². The number of aryl methyl sites for hydroxylation is 2. The zero-order valence-corrected chi connectivity index (χ0v) is 70.6. The molecule has 0 unspecified atom stereocenters. The summed E-state index contributed by atoms with van der Waals surface area (Å²) in [7, 11) is -0.602. The van der Waals surface area contributed by atoms with E-state index >= 15 is 9.59 Å². The molecule has 8 aliphatic rings. The van der Waals surface area contributed by atoms with Crippen molar-refractivity contribution in [1.29, 1.82) is 0 Å². The quantitative estimate of drug-likeness (QED) is 0.0318. The van der Waals surface area contributed by atoms with E-state index < -0.39 is 0 Å². The van der Waals surface area contributed by atoms with Crippen LogP contribution in [0.3, 0.4) is 0 Å². The molecule has 6 aliphatic heterocycles. The molecule has 0 saturated carbocycles. The minimum absolute atomic E-state index is 0.0891. The summed E-state index contributed by atoms with van der Waals surface area (Å²) in [6.45, 7) is 30.4. The lowest BCUT2D eigenvalue weighted by molar-refractivity contribution is -0.122. The normalized spacial score (nSPS) is 18.7. The summed E-state index contributed by atoms with van der Waals surface area (Å²) in [5, 5.41) is 0. The Morgan fingerprint density at radius 3 is 1.13 bits per heavy atom. The van der Waals surface area contributed by atoms with Crippen LogP contribution in [0.2, 0.25) is 0 Å². The van der Waals surface area contributed by atoms with Crippen LogP contribution in [0.4, 0.5) is 0 Å². The molecule has 4 aromatic carbocycles. The van der Waals surface area contributed by atoms with Crippen LogP contribution in [0.1, 0.15) is 318 Å². The molecule has 108 heavy (non-hydrogen) atoms. The van der Waals surface area contributed by atoms with Crippen LogP contribution in [0.15, 0.2) is 108 Å². The molecule has 16 rings (SSSR count). The fraction of sp³-hybridized carbons (Fsp3) is 0.511. The Kier molecular flexibility index (Phi) is 22.4. The first-order chi connectivity index (χ1) is 52.0. The number of nitrogens with zero attached hydrogens (tertiary/aromatic N) is 2. The van der Waals surface area contributed by atoms with E-state index in [-0.39, 0.29) is 59.3 Å². The third-order valence-electron chi connectivity index (χ3n) is 26.3. The van der Waals surface area contributed by atoms with Crippen LogP contribution >= 0.6 is 45.3 Å². The van der Waals surface area contributed by atoms with Gasteiger partial charge in [-0.2, -0.15) is 0 Å². The molecule has 0 radical (unpaired) electrons. The third-order valence-corrected chi connectivity index (χ3v) is 30.9. The minimum atomic E-state index is -0.317. The Hall–Kier alpha value is -5.93. The van der Waals surface area contributed by atoms with E-state index in [0.29, 0.717) is 11.1 Å². The number of carbonyl (C=O) groups is 2. The van der Waals surface area contributed by atoms with Crippen molar-refractivity contribution >= 4 is 123 Å². The van der Waals surface area contributed by atoms with Crippen molar-refractivity contribution in [2.75, 3.05) is 0 Å². The molecule has 8 aromatic rings. The highest BCUT2D eigenvalue weighted by molar-refractivity contribution is 7.36. The predicted octanol–water partition coefficient (Wildman–Crippen LogP) is 26.1. The van der Waals surface area contributed by atoms with E-state index in [4.69, 9.17) is 18.6 Å². The van der Waals surface area contributed by atoms with Crippen LogP contribution in [0.5, 0.6) is 0 Å². The highest BCUT2D eigenvalue weighted by atomic mass is 32.1. The maximum absolute atomic E-state index is 15.6. The lowest BCUT2D eigenvalue weighted by Gasteiger charge is -2.34. The van der Waals surface area contributed by atoms with Crippen molar-refractivity contribution in [3.05, 3.63) is 163 Å². The van der Waals surface area contributed by atoms with E-state index in [1.807, 2.05) is 44.9 Å². The maximum Gasteiger partial charge on any atom is 0.505 e. The number of benzene rings is 4. The Bertz CT molecular complexity index is 4680. The van der Waals surface area contributed by atoms with E-state index in [1.54, 1.807) is 22.7 Å². The standard InChI is InChI=1S/C76H90N2O2S2.C18H26B2O4S2/c1-7-11-15-19-23-27-37-75(38-28-24-20-16-12-8-2)62-43-51(5)31-33-56(62)60-45-53-35-41-77-71(58(53)48-64(60)75)69-70(74(77)80)72-59-49-65-61(46-54(59)36-42-78(72)73(69)79)57-34-32-55(66-50-68-67(82-66)44-52(6)81-68)47-63(57)76(65,39-29-25-21-17-13-9-3)40-30-26-22-18-14-10-4;1-15(2)16(3,4)22-19(21-15)13-9-11-12(25-13)10-14(26-11)20-23-17(5,6)18(7,8)24-20/h31-36,41-50H,7-30,37-40H2,1-6H3;9-10H,1-8H3. The molecular formula is C94H116B2N2O6S4. The van der Waals surface area contributed by atoms with Gasteiger partial charge in [0.2, 0.25) is 0 Å². The van der Waals surface area contributed by atoms with Crippen LogP contribution in [0, 0.1) is 13.8 Å². The smallest absolute Gasteiger partial charge is 0.399 e. The van der Waals surface area contributed by atoms with Gasteiger partial charge in [0.05, 0.1) is 44.9 Å². The van der Waals surface area contributed by atoms with E-state index in [9.17, 15) is 0 Å². The second-order valence-electron chi connectivity index (χ2n) is 34.8. The Morgan fingerprint density at radius 1 is 0.361 bits per heavy atom. The second-order valence-corrected chi connectivity index (χ2v) is 39.4. The van der Waals surface area contributed by atoms with Crippen LogP contribution in [-0.2, 0) is 39.0 Å². The van der Waals surface area contributed by atoms with Gasteiger partial charge in [0, 0.05) is 72.5 Å². The zero-order valence-electron chi connectivity index (χ0n) is 67.3. The predicted molar refractivity (Wildman–Crippen MR) is 462 cm³/mol. The van der Waals surface area contributed by atoms with E-state index in [0.717, 1.165) is 68.9 Å². The second kappa shape index (κ2) is 31.2. The molecule has 14 heteroatoms. The van der Waals surface area contributed by atoms with Gasteiger partial charge in [0.15, 0.2) is 0 Å². The van der Waals surface area contributed by atoms with Crippen molar-refractivity contribution in [2.24, 2.45) is 0 Å². The number of amides is 2. The van der Waals surface area contributed by atoms with Crippen molar-refractivity contribution in [3.8, 4) is 32.7 Å². The van der Waals surface area contributed by atoms with E-state index in [2.05, 4.69) is 194 Å². The third kappa shape index (κ3) is 14.1. The lowest BCUT2D eigenvalue weighted by Crippen LogP contribution is -2.41. The molecule has 0 N–H and O–H groups in total. The topological polar surface area (TPSA) is 77.5 Å². The minimum Gasteiger partial charge on any atom is -0.399 e. The fourth-order valence-electron chi connectivity index (χ4n) is 18.8. The fourth-order valence-corrected chi connectivity index (χ4v) is 23.5. The first-order valence-corrected chi connectivity index (χ1v) is 45.1. The largest absolute Gasteiger partial charge is 0.505 e. The summed E-state index contributed by atoms with van der Waals surface area (Å²) in [6.07, 6.45) is 42.9. The summed E-state index contributed by atoms with van der Waals surface area (Å²) in [4.78, 5) is 37.5. The number of thiophene rings is 4. The summed E-state index contributed by atoms with van der Waals surface area (Å²) in [5.74, 6) is -0.178. The summed E-state index contributed by atoms with van der Waals surface area (Å²) in [5.41, 5.74) is 19.1. The van der Waals surface area contributed by atoms with Gasteiger partial charge >= 0.3 is 14.2 Å². The van der Waals surface area contributed by atoms with Crippen LogP contribution in [0.25, 0.3) is 75.0 Å². The SMILES string of the molecule is CC1(C)OB(c2cc3sc(B4OC(C)(C)C(C)(C)O4)cc3s2)OC1(C)C.CCCCCCCCC1(CCCCCCCC)c2cc(C)ccc2-c2cc3c(cc21)C1=C2C(=O)N4C=Cc5cc6c(cc5C4=C2C(=O)N1C=C3)C(CCCCCCCC)(CCCCCCCC)c1cc(-c2cc3sc(C)cc3s2)ccc1-6. The van der Waals surface area contributed by atoms with Crippen molar-refractivity contribution in [1.82, 2.24) is 9.80 Å². The van der Waals surface area contributed by atoms with Crippen LogP contribution in [-0.4, -0.2) is 58.3 Å². The highest BCUT2D eigenvalue weighted by Gasteiger charge is 2.56. The van der Waals surface area contributed by atoms with Crippen molar-refractivity contribution in [3.63, 3.8) is 0 Å².